The van der Waals surface area contributed by atoms with E-state index in [-0.39, 0.29) is 0 Å². The Hall–Kier alpha value is -2.34. The number of hydrogen-bond acceptors (Lipinski definition) is 0. The van der Waals surface area contributed by atoms with E-state index in [0.717, 1.165) is 19.3 Å². The summed E-state index contributed by atoms with van der Waals surface area (Å²) in [7, 11) is 0. The van der Waals surface area contributed by atoms with Gasteiger partial charge in [-0.15, -0.1) is 0 Å². The van der Waals surface area contributed by atoms with E-state index in [1.165, 1.54) is 39.0 Å². The summed E-state index contributed by atoms with van der Waals surface area (Å²) >= 11 is 0. The molecule has 2 aromatic carbocycles. The number of hydrogen-bond donors (Lipinski definition) is 0. The van der Waals surface area contributed by atoms with Gasteiger partial charge in [-0.3, -0.25) is 0 Å². The van der Waals surface area contributed by atoms with E-state index < -0.39 is 0 Å². The lowest BCUT2D eigenvalue weighted by molar-refractivity contribution is 1.02. The Balaban J connectivity index is 1.56. The molecule has 0 amide bonds. The zero-order valence-corrected chi connectivity index (χ0v) is 14.1. The topological polar surface area (TPSA) is 0 Å². The van der Waals surface area contributed by atoms with Crippen molar-refractivity contribution in [3.8, 4) is 0 Å². The molecular formula is C23H24. The first-order valence-electron chi connectivity index (χ1n) is 8.29. The van der Waals surface area contributed by atoms with Crippen molar-refractivity contribution in [2.75, 3.05) is 0 Å². The molecule has 0 bridgehead atoms. The third-order valence-corrected chi connectivity index (χ3v) is 4.44. The molecule has 0 fully saturated rings. The molecular weight excluding hydrogens is 276 g/mol. The summed E-state index contributed by atoms with van der Waals surface area (Å²) in [6.07, 6.45) is 9.82. The maximum Gasteiger partial charge on any atom is -0.00546 e. The number of fused-ring (bicyclic) bond motifs is 1. The molecule has 0 aromatic heterocycles. The van der Waals surface area contributed by atoms with Crippen molar-refractivity contribution >= 4 is 12.2 Å². The summed E-state index contributed by atoms with van der Waals surface area (Å²) in [5, 5.41) is 0. The molecule has 3 rings (SSSR count). The van der Waals surface area contributed by atoms with Crippen LogP contribution in [0.25, 0.3) is 12.2 Å². The lowest BCUT2D eigenvalue weighted by atomic mass is 10.0. The maximum absolute atomic E-state index is 4.26. The zero-order chi connectivity index (χ0) is 16.2. The average Bonchev–Trinajstić information content (AvgIpc) is 2.91. The molecule has 0 atom stereocenters. The molecule has 0 nitrogen and oxygen atoms in total. The van der Waals surface area contributed by atoms with Crippen LogP contribution in [0.5, 0.6) is 0 Å². The smallest absolute Gasteiger partial charge is 0.00546 e. The maximum atomic E-state index is 4.26. The summed E-state index contributed by atoms with van der Waals surface area (Å²) < 4.78 is 0. The van der Waals surface area contributed by atoms with E-state index in [1.807, 2.05) is 0 Å². The van der Waals surface area contributed by atoms with Gasteiger partial charge in [0, 0.05) is 0 Å². The van der Waals surface area contributed by atoms with Crippen LogP contribution in [0.1, 0.15) is 40.7 Å². The van der Waals surface area contributed by atoms with Gasteiger partial charge < -0.3 is 0 Å². The number of benzene rings is 2. The molecule has 0 heterocycles. The van der Waals surface area contributed by atoms with Gasteiger partial charge in [-0.2, -0.15) is 0 Å². The van der Waals surface area contributed by atoms with Crippen LogP contribution in [0.2, 0.25) is 0 Å². The zero-order valence-electron chi connectivity index (χ0n) is 14.1. The molecule has 23 heavy (non-hydrogen) atoms. The second-order valence-corrected chi connectivity index (χ2v) is 6.57. The SMILES string of the molecule is C=C(CC=Cc1ccc(C)cc1C)CC1=Cc2ccccc2C1. The predicted octanol–water partition coefficient (Wildman–Crippen LogP) is 6.29. The van der Waals surface area contributed by atoms with E-state index in [0.29, 0.717) is 0 Å². The molecule has 1 aliphatic rings. The van der Waals surface area contributed by atoms with Crippen molar-refractivity contribution in [3.63, 3.8) is 0 Å². The van der Waals surface area contributed by atoms with Gasteiger partial charge in [-0.05, 0) is 55.4 Å². The third-order valence-electron chi connectivity index (χ3n) is 4.44. The molecule has 1 aliphatic carbocycles. The molecule has 0 spiro atoms. The monoisotopic (exact) mass is 300 g/mol. The molecule has 0 saturated carbocycles. The van der Waals surface area contributed by atoms with Gasteiger partial charge in [0.15, 0.2) is 0 Å². The fourth-order valence-electron chi connectivity index (χ4n) is 3.22. The van der Waals surface area contributed by atoms with Gasteiger partial charge >= 0.3 is 0 Å². The van der Waals surface area contributed by atoms with E-state index in [4.69, 9.17) is 0 Å². The summed E-state index contributed by atoms with van der Waals surface area (Å²) in [6, 6.07) is 15.3. The largest absolute Gasteiger partial charge is 0.0992 e. The first kappa shape index (κ1) is 15.6. The Morgan fingerprint density at radius 1 is 1.13 bits per heavy atom. The quantitative estimate of drug-likeness (QED) is 0.569. The summed E-state index contributed by atoms with van der Waals surface area (Å²) in [5.41, 5.74) is 9.54. The Bertz CT molecular complexity index is 787. The number of aryl methyl sites for hydroxylation is 2. The van der Waals surface area contributed by atoms with Crippen LogP contribution in [0, 0.1) is 13.8 Å². The highest BCUT2D eigenvalue weighted by molar-refractivity contribution is 5.64. The highest BCUT2D eigenvalue weighted by Gasteiger charge is 2.11. The second kappa shape index (κ2) is 6.83. The van der Waals surface area contributed by atoms with Gasteiger partial charge in [0.1, 0.15) is 0 Å². The Morgan fingerprint density at radius 2 is 1.96 bits per heavy atom. The second-order valence-electron chi connectivity index (χ2n) is 6.57. The van der Waals surface area contributed by atoms with E-state index in [9.17, 15) is 0 Å². The van der Waals surface area contributed by atoms with Crippen LogP contribution >= 0.6 is 0 Å². The van der Waals surface area contributed by atoms with Crippen molar-refractivity contribution in [1.82, 2.24) is 0 Å². The standard InChI is InChI=1S/C23H24/c1-17(7-6-10-21-12-11-18(2)13-19(21)3)14-20-15-22-8-4-5-9-23(22)16-20/h4-6,8-13,15H,1,7,14,16H2,2-3H3. The van der Waals surface area contributed by atoms with Crippen LogP contribution in [0.4, 0.5) is 0 Å². The molecule has 0 heteroatoms. The fraction of sp³-hybridized carbons (Fsp3) is 0.217. The lowest BCUT2D eigenvalue weighted by Gasteiger charge is -2.05. The minimum absolute atomic E-state index is 0.945. The highest BCUT2D eigenvalue weighted by atomic mass is 14.2. The summed E-state index contributed by atoms with van der Waals surface area (Å²) in [6.45, 7) is 8.56. The van der Waals surface area contributed by atoms with E-state index >= 15 is 0 Å². The van der Waals surface area contributed by atoms with Crippen LogP contribution in [0.15, 0.2) is 66.3 Å². The molecule has 0 unspecified atom stereocenters. The number of allylic oxidation sites excluding steroid dienone is 3. The Kier molecular flexibility index (Phi) is 4.62. The molecule has 0 saturated heterocycles. The minimum Gasteiger partial charge on any atom is -0.0992 e. The average molecular weight is 300 g/mol. The van der Waals surface area contributed by atoms with Gasteiger partial charge in [-0.25, -0.2) is 0 Å². The van der Waals surface area contributed by atoms with Crippen molar-refractivity contribution in [3.05, 3.63) is 94.1 Å². The highest BCUT2D eigenvalue weighted by Crippen LogP contribution is 2.29. The summed E-state index contributed by atoms with van der Waals surface area (Å²) in [4.78, 5) is 0. The molecule has 2 aromatic rings. The predicted molar refractivity (Wildman–Crippen MR) is 101 cm³/mol. The summed E-state index contributed by atoms with van der Waals surface area (Å²) in [5.74, 6) is 0. The van der Waals surface area contributed by atoms with Crippen LogP contribution in [-0.4, -0.2) is 0 Å². The Morgan fingerprint density at radius 3 is 2.74 bits per heavy atom. The van der Waals surface area contributed by atoms with Crippen molar-refractivity contribution in [1.29, 1.82) is 0 Å². The van der Waals surface area contributed by atoms with Crippen molar-refractivity contribution in [2.45, 2.75) is 33.1 Å². The Labute approximate surface area is 139 Å². The van der Waals surface area contributed by atoms with Gasteiger partial charge in [0.05, 0.1) is 0 Å². The molecule has 0 aliphatic heterocycles. The molecule has 0 radical (unpaired) electrons. The van der Waals surface area contributed by atoms with Crippen LogP contribution in [-0.2, 0) is 6.42 Å². The molecule has 0 N–H and O–H groups in total. The van der Waals surface area contributed by atoms with Crippen molar-refractivity contribution < 1.29 is 0 Å². The number of rotatable bonds is 5. The van der Waals surface area contributed by atoms with E-state index in [2.05, 4.69) is 81.1 Å². The fourth-order valence-corrected chi connectivity index (χ4v) is 3.22. The molecule has 116 valence electrons. The first-order valence-corrected chi connectivity index (χ1v) is 8.29. The minimum atomic E-state index is 0.945. The van der Waals surface area contributed by atoms with E-state index in [1.54, 1.807) is 0 Å². The van der Waals surface area contributed by atoms with Crippen LogP contribution in [0.3, 0.4) is 0 Å². The van der Waals surface area contributed by atoms with Gasteiger partial charge in [0.2, 0.25) is 0 Å². The lowest BCUT2D eigenvalue weighted by Crippen LogP contribution is -1.88. The van der Waals surface area contributed by atoms with Crippen LogP contribution < -0.4 is 0 Å². The third kappa shape index (κ3) is 3.90. The first-order chi connectivity index (χ1) is 11.1. The van der Waals surface area contributed by atoms with Crippen molar-refractivity contribution in [2.24, 2.45) is 0 Å². The van der Waals surface area contributed by atoms with Gasteiger partial charge in [0.25, 0.3) is 0 Å². The normalized spacial score (nSPS) is 13.2. The van der Waals surface area contributed by atoms with Gasteiger partial charge in [-0.1, -0.05) is 84.0 Å².